The van der Waals surface area contributed by atoms with Crippen LogP contribution >= 0.6 is 12.4 Å². The summed E-state index contributed by atoms with van der Waals surface area (Å²) in [6, 6.07) is 9.96. The Labute approximate surface area is 136 Å². The molecule has 3 N–H and O–H groups in total. The maximum atomic E-state index is 12.5. The van der Waals surface area contributed by atoms with E-state index in [1.54, 1.807) is 6.20 Å². The summed E-state index contributed by atoms with van der Waals surface area (Å²) in [5.41, 5.74) is 2.33. The van der Waals surface area contributed by atoms with E-state index in [1.165, 1.54) is 0 Å². The fourth-order valence-electron chi connectivity index (χ4n) is 2.71. The molecule has 0 radical (unpaired) electrons. The summed E-state index contributed by atoms with van der Waals surface area (Å²) >= 11 is 0. The van der Waals surface area contributed by atoms with Crippen LogP contribution in [0.4, 0.5) is 0 Å². The lowest BCUT2D eigenvalue weighted by atomic mass is 9.94. The first-order valence-electron chi connectivity index (χ1n) is 7.36. The third-order valence-corrected chi connectivity index (χ3v) is 4.09. The minimum atomic E-state index is -0.0665. The lowest BCUT2D eigenvalue weighted by Crippen LogP contribution is -2.50. The van der Waals surface area contributed by atoms with E-state index in [0.29, 0.717) is 11.5 Å². The standard InChI is InChI=1S/C16H20N4O.ClH/c1-11-7-8-17-10-14(11)19-16(21)13-9-18-20-15(13)12-5-3-2-4-6-12;/h2-6,9,11,14,17H,7-8,10H2,1H3,(H,18,20)(H,19,21);1H. The van der Waals surface area contributed by atoms with E-state index in [2.05, 4.69) is 27.8 Å². The number of carbonyl (C=O) groups is 1. The molecule has 1 aromatic heterocycles. The summed E-state index contributed by atoms with van der Waals surface area (Å²) in [5, 5.41) is 13.4. The zero-order chi connectivity index (χ0) is 14.7. The predicted molar refractivity (Wildman–Crippen MR) is 89.2 cm³/mol. The van der Waals surface area contributed by atoms with E-state index in [-0.39, 0.29) is 24.4 Å². The van der Waals surface area contributed by atoms with Crippen LogP contribution in [0.2, 0.25) is 0 Å². The SMILES string of the molecule is CC1CCNCC1NC(=O)c1cn[nH]c1-c1ccccc1.Cl. The average molecular weight is 321 g/mol. The monoisotopic (exact) mass is 320 g/mol. The Bertz CT molecular complexity index is 614. The number of hydrogen-bond donors (Lipinski definition) is 3. The lowest BCUT2D eigenvalue weighted by Gasteiger charge is -2.30. The van der Waals surface area contributed by atoms with Crippen LogP contribution in [0.25, 0.3) is 11.3 Å². The fourth-order valence-corrected chi connectivity index (χ4v) is 2.71. The van der Waals surface area contributed by atoms with Gasteiger partial charge in [0.05, 0.1) is 17.5 Å². The molecular weight excluding hydrogens is 300 g/mol. The number of aromatic amines is 1. The number of piperidine rings is 1. The number of nitrogens with one attached hydrogen (secondary N) is 3. The number of carbonyl (C=O) groups excluding carboxylic acids is 1. The largest absolute Gasteiger partial charge is 0.348 e. The van der Waals surface area contributed by atoms with Crippen LogP contribution in [0, 0.1) is 5.92 Å². The molecule has 118 valence electrons. The second kappa shape index (κ2) is 7.42. The number of rotatable bonds is 3. The number of halogens is 1. The van der Waals surface area contributed by atoms with Gasteiger partial charge in [-0.1, -0.05) is 37.3 Å². The highest BCUT2D eigenvalue weighted by molar-refractivity contribution is 5.99. The van der Waals surface area contributed by atoms with Crippen molar-refractivity contribution in [3.8, 4) is 11.3 Å². The van der Waals surface area contributed by atoms with E-state index in [0.717, 1.165) is 30.8 Å². The maximum absolute atomic E-state index is 12.5. The molecule has 6 heteroatoms. The summed E-state index contributed by atoms with van der Waals surface area (Å²) in [5.74, 6) is 0.422. The van der Waals surface area contributed by atoms with Crippen molar-refractivity contribution in [2.75, 3.05) is 13.1 Å². The number of H-pyrrole nitrogens is 1. The Hall–Kier alpha value is -1.85. The molecule has 3 rings (SSSR count). The molecule has 1 aromatic carbocycles. The van der Waals surface area contributed by atoms with Crippen molar-refractivity contribution in [2.45, 2.75) is 19.4 Å². The van der Waals surface area contributed by atoms with Crippen LogP contribution < -0.4 is 10.6 Å². The van der Waals surface area contributed by atoms with Crippen LogP contribution in [0.3, 0.4) is 0 Å². The maximum Gasteiger partial charge on any atom is 0.255 e. The molecule has 2 unspecified atom stereocenters. The van der Waals surface area contributed by atoms with E-state index >= 15 is 0 Å². The Morgan fingerprint density at radius 2 is 2.09 bits per heavy atom. The van der Waals surface area contributed by atoms with Gasteiger partial charge < -0.3 is 10.6 Å². The summed E-state index contributed by atoms with van der Waals surface area (Å²) in [6.45, 7) is 4.03. The van der Waals surface area contributed by atoms with Gasteiger partial charge in [0, 0.05) is 18.2 Å². The third-order valence-electron chi connectivity index (χ3n) is 4.09. The van der Waals surface area contributed by atoms with Crippen LogP contribution in [-0.4, -0.2) is 35.2 Å². The highest BCUT2D eigenvalue weighted by Crippen LogP contribution is 2.21. The zero-order valence-corrected chi connectivity index (χ0v) is 13.3. The number of amides is 1. The third kappa shape index (κ3) is 3.48. The predicted octanol–water partition coefficient (Wildman–Crippen LogP) is 2.23. The van der Waals surface area contributed by atoms with Gasteiger partial charge in [-0.2, -0.15) is 5.10 Å². The summed E-state index contributed by atoms with van der Waals surface area (Å²) in [7, 11) is 0. The highest BCUT2D eigenvalue weighted by Gasteiger charge is 2.24. The minimum Gasteiger partial charge on any atom is -0.348 e. The van der Waals surface area contributed by atoms with Crippen molar-refractivity contribution in [2.24, 2.45) is 5.92 Å². The molecule has 1 amide bonds. The van der Waals surface area contributed by atoms with Crippen molar-refractivity contribution in [3.63, 3.8) is 0 Å². The van der Waals surface area contributed by atoms with Gasteiger partial charge in [0.25, 0.3) is 5.91 Å². The van der Waals surface area contributed by atoms with Gasteiger partial charge in [-0.15, -0.1) is 12.4 Å². The Kier molecular flexibility index (Phi) is 5.57. The second-order valence-corrected chi connectivity index (χ2v) is 5.57. The Morgan fingerprint density at radius 1 is 1.32 bits per heavy atom. The van der Waals surface area contributed by atoms with Gasteiger partial charge in [0.15, 0.2) is 0 Å². The quantitative estimate of drug-likeness (QED) is 0.812. The van der Waals surface area contributed by atoms with Crippen LogP contribution in [0.5, 0.6) is 0 Å². The van der Waals surface area contributed by atoms with Crippen LogP contribution in [0.1, 0.15) is 23.7 Å². The second-order valence-electron chi connectivity index (χ2n) is 5.57. The van der Waals surface area contributed by atoms with E-state index in [4.69, 9.17) is 0 Å². The number of hydrogen-bond acceptors (Lipinski definition) is 3. The van der Waals surface area contributed by atoms with Crippen molar-refractivity contribution in [1.82, 2.24) is 20.8 Å². The molecule has 5 nitrogen and oxygen atoms in total. The summed E-state index contributed by atoms with van der Waals surface area (Å²) in [4.78, 5) is 12.5. The van der Waals surface area contributed by atoms with Gasteiger partial charge >= 0.3 is 0 Å². The van der Waals surface area contributed by atoms with E-state index in [1.807, 2.05) is 30.3 Å². The van der Waals surface area contributed by atoms with Crippen LogP contribution in [0.15, 0.2) is 36.5 Å². The highest BCUT2D eigenvalue weighted by atomic mass is 35.5. The molecule has 1 fully saturated rings. The number of aromatic nitrogens is 2. The van der Waals surface area contributed by atoms with Gasteiger partial charge in [-0.25, -0.2) is 0 Å². The molecule has 1 saturated heterocycles. The molecule has 0 saturated carbocycles. The van der Waals surface area contributed by atoms with Crippen LogP contribution in [-0.2, 0) is 0 Å². The first kappa shape index (κ1) is 16.5. The fraction of sp³-hybridized carbons (Fsp3) is 0.375. The number of benzene rings is 1. The topological polar surface area (TPSA) is 69.8 Å². The smallest absolute Gasteiger partial charge is 0.255 e. The molecule has 0 spiro atoms. The van der Waals surface area contributed by atoms with Gasteiger partial charge in [0.1, 0.15) is 0 Å². The van der Waals surface area contributed by atoms with Crippen molar-refractivity contribution in [3.05, 3.63) is 42.1 Å². The molecule has 0 aliphatic carbocycles. The summed E-state index contributed by atoms with van der Waals surface area (Å²) in [6.07, 6.45) is 2.68. The summed E-state index contributed by atoms with van der Waals surface area (Å²) < 4.78 is 0. The molecule has 2 aromatic rings. The number of nitrogens with zero attached hydrogens (tertiary/aromatic N) is 1. The normalized spacial score (nSPS) is 21.0. The minimum absolute atomic E-state index is 0. The Morgan fingerprint density at radius 3 is 2.82 bits per heavy atom. The van der Waals surface area contributed by atoms with E-state index in [9.17, 15) is 4.79 Å². The first-order valence-corrected chi connectivity index (χ1v) is 7.36. The van der Waals surface area contributed by atoms with Crippen molar-refractivity contribution in [1.29, 1.82) is 0 Å². The van der Waals surface area contributed by atoms with Gasteiger partial charge in [-0.3, -0.25) is 9.89 Å². The molecule has 2 heterocycles. The first-order chi connectivity index (χ1) is 10.3. The Balaban J connectivity index is 0.00000176. The molecule has 22 heavy (non-hydrogen) atoms. The van der Waals surface area contributed by atoms with Gasteiger partial charge in [0.2, 0.25) is 0 Å². The van der Waals surface area contributed by atoms with Gasteiger partial charge in [-0.05, 0) is 18.9 Å². The average Bonchev–Trinajstić information content (AvgIpc) is 3.00. The zero-order valence-electron chi connectivity index (χ0n) is 12.5. The van der Waals surface area contributed by atoms with E-state index < -0.39 is 0 Å². The molecule has 1 aliphatic heterocycles. The van der Waals surface area contributed by atoms with Crippen molar-refractivity contribution >= 4 is 18.3 Å². The lowest BCUT2D eigenvalue weighted by molar-refractivity contribution is 0.0916. The molecule has 2 atom stereocenters. The molecule has 0 bridgehead atoms. The molecule has 1 aliphatic rings. The molecular formula is C16H21ClN4O. The van der Waals surface area contributed by atoms with Crippen molar-refractivity contribution < 1.29 is 4.79 Å².